The van der Waals surface area contributed by atoms with Crippen LogP contribution in [0, 0.1) is 0 Å². The van der Waals surface area contributed by atoms with Crippen LogP contribution in [-0.2, 0) is 6.54 Å². The molecule has 3 heterocycles. The first-order chi connectivity index (χ1) is 16.7. The molecule has 7 nitrogen and oxygen atoms in total. The van der Waals surface area contributed by atoms with Crippen molar-refractivity contribution in [3.8, 4) is 21.9 Å². The number of benzene rings is 2. The van der Waals surface area contributed by atoms with Crippen LogP contribution in [0.25, 0.3) is 10.4 Å². The Bertz CT molecular complexity index is 1340. The van der Waals surface area contributed by atoms with E-state index in [1.807, 2.05) is 42.5 Å². The molecule has 8 heteroatoms. The van der Waals surface area contributed by atoms with E-state index in [0.29, 0.717) is 41.6 Å². The van der Waals surface area contributed by atoms with Crippen molar-refractivity contribution in [2.75, 3.05) is 18.5 Å². The molecule has 0 atom stereocenters. The molecule has 0 fully saturated rings. The Kier molecular flexibility index (Phi) is 6.22. The number of carbonyl (C=O) groups excluding carboxylic acids is 2. The molecule has 2 aromatic carbocycles. The molecule has 0 aliphatic carbocycles. The molecule has 0 bridgehead atoms. The first-order valence-electron chi connectivity index (χ1n) is 10.7. The van der Waals surface area contributed by atoms with E-state index in [0.717, 1.165) is 21.9 Å². The predicted octanol–water partition coefficient (Wildman–Crippen LogP) is 4.76. The van der Waals surface area contributed by atoms with Crippen LogP contribution in [0.2, 0.25) is 0 Å². The standard InChI is InChI=1S/C26H21N3O4S/c30-25(28-16-20-5-1-2-11-27-20)18-4-3-6-19(14-18)29-26(31)24-10-9-23(34-24)17-7-8-21-22(15-17)33-13-12-32-21/h1-11,14-15H,12-13,16H2,(H,28,30)(H,29,31). The van der Waals surface area contributed by atoms with Crippen LogP contribution in [0.4, 0.5) is 5.69 Å². The Hall–Kier alpha value is -4.17. The number of anilines is 1. The lowest BCUT2D eigenvalue weighted by Gasteiger charge is -2.18. The van der Waals surface area contributed by atoms with Crippen molar-refractivity contribution in [2.45, 2.75) is 6.54 Å². The molecule has 2 N–H and O–H groups in total. The van der Waals surface area contributed by atoms with E-state index >= 15 is 0 Å². The minimum absolute atomic E-state index is 0.236. The topological polar surface area (TPSA) is 89.6 Å². The lowest BCUT2D eigenvalue weighted by Crippen LogP contribution is -2.23. The number of aromatic nitrogens is 1. The van der Waals surface area contributed by atoms with Gasteiger partial charge in [0.2, 0.25) is 0 Å². The fourth-order valence-corrected chi connectivity index (χ4v) is 4.42. The fraction of sp³-hybridized carbons (Fsp3) is 0.115. The van der Waals surface area contributed by atoms with Crippen LogP contribution < -0.4 is 20.1 Å². The van der Waals surface area contributed by atoms with Gasteiger partial charge >= 0.3 is 0 Å². The second-order valence-electron chi connectivity index (χ2n) is 7.56. The van der Waals surface area contributed by atoms with E-state index in [1.54, 1.807) is 36.5 Å². The molecule has 0 unspecified atom stereocenters. The summed E-state index contributed by atoms with van der Waals surface area (Å²) >= 11 is 1.39. The zero-order valence-corrected chi connectivity index (χ0v) is 18.9. The number of nitrogens with one attached hydrogen (secondary N) is 2. The first kappa shape index (κ1) is 21.7. The van der Waals surface area contributed by atoms with E-state index in [9.17, 15) is 9.59 Å². The number of hydrogen-bond donors (Lipinski definition) is 2. The van der Waals surface area contributed by atoms with Crippen LogP contribution in [0.3, 0.4) is 0 Å². The fourth-order valence-electron chi connectivity index (χ4n) is 3.52. The summed E-state index contributed by atoms with van der Waals surface area (Å²) in [6.07, 6.45) is 1.68. The van der Waals surface area contributed by atoms with Crippen molar-refractivity contribution in [2.24, 2.45) is 0 Å². The summed E-state index contributed by atoms with van der Waals surface area (Å²) in [7, 11) is 0. The normalized spacial score (nSPS) is 12.1. The van der Waals surface area contributed by atoms with Crippen molar-refractivity contribution in [1.29, 1.82) is 0 Å². The summed E-state index contributed by atoms with van der Waals surface area (Å²) in [6.45, 7) is 1.39. The number of amides is 2. The molecule has 5 rings (SSSR count). The Balaban J connectivity index is 1.24. The number of carbonyl (C=O) groups is 2. The van der Waals surface area contributed by atoms with Crippen molar-refractivity contribution in [3.63, 3.8) is 0 Å². The maximum atomic E-state index is 12.8. The highest BCUT2D eigenvalue weighted by molar-refractivity contribution is 7.17. The largest absolute Gasteiger partial charge is 0.486 e. The van der Waals surface area contributed by atoms with E-state index in [2.05, 4.69) is 15.6 Å². The van der Waals surface area contributed by atoms with E-state index < -0.39 is 0 Å². The minimum Gasteiger partial charge on any atom is -0.486 e. The monoisotopic (exact) mass is 471 g/mol. The van der Waals surface area contributed by atoms with Crippen molar-refractivity contribution < 1.29 is 19.1 Å². The van der Waals surface area contributed by atoms with Gasteiger partial charge in [0, 0.05) is 22.3 Å². The summed E-state index contributed by atoms with van der Waals surface area (Å²) in [4.78, 5) is 31.1. The number of rotatable bonds is 6. The number of pyridine rings is 1. The Labute approximate surface area is 200 Å². The molecule has 0 radical (unpaired) electrons. The van der Waals surface area contributed by atoms with Crippen LogP contribution in [-0.4, -0.2) is 30.0 Å². The highest BCUT2D eigenvalue weighted by Crippen LogP contribution is 2.37. The Morgan fingerprint density at radius 1 is 0.882 bits per heavy atom. The van der Waals surface area contributed by atoms with Crippen LogP contribution in [0.15, 0.2) is 79.0 Å². The maximum absolute atomic E-state index is 12.8. The van der Waals surface area contributed by atoms with Crippen LogP contribution in [0.1, 0.15) is 25.7 Å². The summed E-state index contributed by atoms with van der Waals surface area (Å²) in [5, 5.41) is 5.72. The van der Waals surface area contributed by atoms with Gasteiger partial charge in [-0.2, -0.15) is 0 Å². The zero-order valence-electron chi connectivity index (χ0n) is 18.1. The number of thiophene rings is 1. The lowest BCUT2D eigenvalue weighted by atomic mass is 10.1. The Morgan fingerprint density at radius 3 is 2.62 bits per heavy atom. The second-order valence-corrected chi connectivity index (χ2v) is 8.64. The molecule has 0 saturated carbocycles. The highest BCUT2D eigenvalue weighted by Gasteiger charge is 2.16. The quantitative estimate of drug-likeness (QED) is 0.423. The SMILES string of the molecule is O=C(NCc1ccccn1)c1cccc(NC(=O)c2ccc(-c3ccc4c(c3)OCCO4)s2)c1. The third-order valence-corrected chi connectivity index (χ3v) is 6.33. The molecule has 2 aromatic heterocycles. The molecular weight excluding hydrogens is 450 g/mol. The summed E-state index contributed by atoms with van der Waals surface area (Å²) in [5.74, 6) is 0.966. The Morgan fingerprint density at radius 2 is 1.76 bits per heavy atom. The molecule has 1 aliphatic rings. The zero-order chi connectivity index (χ0) is 23.3. The molecule has 34 heavy (non-hydrogen) atoms. The summed E-state index contributed by atoms with van der Waals surface area (Å²) < 4.78 is 11.2. The molecule has 1 aliphatic heterocycles. The summed E-state index contributed by atoms with van der Waals surface area (Å²) in [6, 6.07) is 21.8. The first-order valence-corrected chi connectivity index (χ1v) is 11.6. The molecule has 4 aromatic rings. The third kappa shape index (κ3) is 4.92. The van der Waals surface area contributed by atoms with Gasteiger partial charge in [-0.3, -0.25) is 14.6 Å². The van der Waals surface area contributed by atoms with Gasteiger partial charge in [-0.1, -0.05) is 12.1 Å². The third-order valence-electron chi connectivity index (χ3n) is 5.20. The number of ether oxygens (including phenoxy) is 2. The number of fused-ring (bicyclic) bond motifs is 1. The van der Waals surface area contributed by atoms with Gasteiger partial charge in [0.15, 0.2) is 11.5 Å². The summed E-state index contributed by atoms with van der Waals surface area (Å²) in [5.41, 5.74) is 2.73. The smallest absolute Gasteiger partial charge is 0.265 e. The molecule has 0 saturated heterocycles. The van der Waals surface area contributed by atoms with Gasteiger partial charge in [0.05, 0.1) is 17.1 Å². The number of nitrogens with zero attached hydrogens (tertiary/aromatic N) is 1. The average Bonchev–Trinajstić information content (AvgIpc) is 3.38. The maximum Gasteiger partial charge on any atom is 0.265 e. The van der Waals surface area contributed by atoms with Gasteiger partial charge in [0.1, 0.15) is 13.2 Å². The van der Waals surface area contributed by atoms with Crippen molar-refractivity contribution in [3.05, 3.63) is 95.1 Å². The van der Waals surface area contributed by atoms with Crippen molar-refractivity contribution in [1.82, 2.24) is 10.3 Å². The van der Waals surface area contributed by atoms with E-state index in [4.69, 9.17) is 9.47 Å². The average molecular weight is 472 g/mol. The highest BCUT2D eigenvalue weighted by atomic mass is 32.1. The van der Waals surface area contributed by atoms with E-state index in [1.165, 1.54) is 11.3 Å². The van der Waals surface area contributed by atoms with Crippen molar-refractivity contribution >= 4 is 28.8 Å². The van der Waals surface area contributed by atoms with Gasteiger partial charge in [-0.05, 0) is 66.2 Å². The second kappa shape index (κ2) is 9.76. The molecule has 0 spiro atoms. The molecule has 170 valence electrons. The number of hydrogen-bond acceptors (Lipinski definition) is 6. The van der Waals surface area contributed by atoms with E-state index in [-0.39, 0.29) is 11.8 Å². The van der Waals surface area contributed by atoms with Crippen LogP contribution in [0.5, 0.6) is 11.5 Å². The lowest BCUT2D eigenvalue weighted by molar-refractivity contribution is 0.0949. The minimum atomic E-state index is -0.237. The van der Waals surface area contributed by atoms with Gasteiger partial charge in [0.25, 0.3) is 11.8 Å². The predicted molar refractivity (Wildman–Crippen MR) is 131 cm³/mol. The molecular formula is C26H21N3O4S. The van der Waals surface area contributed by atoms with Crippen LogP contribution >= 0.6 is 11.3 Å². The molecule has 2 amide bonds. The van der Waals surface area contributed by atoms with Gasteiger partial charge in [-0.25, -0.2) is 0 Å². The van der Waals surface area contributed by atoms with Gasteiger partial charge < -0.3 is 20.1 Å². The van der Waals surface area contributed by atoms with Gasteiger partial charge in [-0.15, -0.1) is 11.3 Å².